The summed E-state index contributed by atoms with van der Waals surface area (Å²) in [6, 6.07) is 13.8. The number of piperazine rings is 1. The van der Waals surface area contributed by atoms with Crippen LogP contribution in [0.15, 0.2) is 53.4 Å². The van der Waals surface area contributed by atoms with Gasteiger partial charge in [-0.15, -0.1) is 0 Å². The molecular weight excluding hydrogens is 452 g/mol. The number of nitrogens with one attached hydrogen (secondary N) is 1. The minimum absolute atomic E-state index is 0.138. The van der Waals surface area contributed by atoms with Gasteiger partial charge < -0.3 is 14.5 Å². The van der Waals surface area contributed by atoms with Gasteiger partial charge in [-0.3, -0.25) is 14.4 Å². The van der Waals surface area contributed by atoms with Crippen LogP contribution in [0, 0.1) is 5.92 Å². The molecule has 1 amide bonds. The van der Waals surface area contributed by atoms with E-state index in [-0.39, 0.29) is 10.8 Å². The molecule has 2 heterocycles. The Morgan fingerprint density at radius 2 is 1.68 bits per heavy atom. The Bertz CT molecular complexity index is 1070. The molecule has 184 valence electrons. The smallest absolute Gasteiger partial charge is 0.261 e. The Balaban J connectivity index is 1.27. The summed E-state index contributed by atoms with van der Waals surface area (Å²) in [6.45, 7) is 5.95. The number of anilines is 1. The molecular formula is C25H34N4O4S. The van der Waals surface area contributed by atoms with Crippen LogP contribution in [-0.4, -0.2) is 82.5 Å². The molecule has 9 heteroatoms. The summed E-state index contributed by atoms with van der Waals surface area (Å²) in [5.74, 6) is 1.05. The average Bonchev–Trinajstić information content (AvgIpc) is 2.85. The first-order chi connectivity index (χ1) is 16.3. The number of likely N-dealkylation sites (tertiary alicyclic amines) is 1. The third-order valence-electron chi connectivity index (χ3n) is 6.64. The van der Waals surface area contributed by atoms with Crippen molar-refractivity contribution in [2.75, 3.05) is 58.1 Å². The molecule has 2 aromatic carbocycles. The Morgan fingerprint density at radius 3 is 2.29 bits per heavy atom. The van der Waals surface area contributed by atoms with E-state index in [4.69, 9.17) is 4.74 Å². The molecule has 0 aliphatic carbocycles. The largest absolute Gasteiger partial charge is 0.497 e. The Labute approximate surface area is 202 Å². The van der Waals surface area contributed by atoms with Gasteiger partial charge >= 0.3 is 0 Å². The second-order valence-corrected chi connectivity index (χ2v) is 10.9. The first-order valence-corrected chi connectivity index (χ1v) is 13.3. The third-order valence-corrected chi connectivity index (χ3v) is 8.04. The van der Waals surface area contributed by atoms with Crippen molar-refractivity contribution >= 4 is 21.6 Å². The van der Waals surface area contributed by atoms with Crippen molar-refractivity contribution in [2.45, 2.75) is 24.3 Å². The van der Waals surface area contributed by atoms with Crippen molar-refractivity contribution in [3.63, 3.8) is 0 Å². The van der Waals surface area contributed by atoms with Crippen LogP contribution in [0.5, 0.6) is 5.75 Å². The van der Waals surface area contributed by atoms with Crippen molar-refractivity contribution in [3.8, 4) is 5.75 Å². The lowest BCUT2D eigenvalue weighted by molar-refractivity contribution is -0.139. The van der Waals surface area contributed by atoms with Gasteiger partial charge in [0.05, 0.1) is 17.9 Å². The maximum Gasteiger partial charge on any atom is 0.261 e. The van der Waals surface area contributed by atoms with Gasteiger partial charge in [0.15, 0.2) is 0 Å². The monoisotopic (exact) mass is 486 g/mol. The highest BCUT2D eigenvalue weighted by molar-refractivity contribution is 7.92. The van der Waals surface area contributed by atoms with Crippen molar-refractivity contribution in [1.29, 1.82) is 0 Å². The molecule has 1 N–H and O–H groups in total. The summed E-state index contributed by atoms with van der Waals surface area (Å²) in [6.07, 6.45) is 2.09. The first-order valence-electron chi connectivity index (χ1n) is 11.8. The predicted octanol–water partition coefficient (Wildman–Crippen LogP) is 2.48. The zero-order valence-corrected chi connectivity index (χ0v) is 20.8. The molecule has 1 unspecified atom stereocenters. The molecule has 4 rings (SSSR count). The molecule has 2 saturated heterocycles. The molecule has 2 aliphatic heterocycles. The van der Waals surface area contributed by atoms with Gasteiger partial charge in [0.2, 0.25) is 5.91 Å². The van der Waals surface area contributed by atoms with Crippen LogP contribution in [0.3, 0.4) is 0 Å². The van der Waals surface area contributed by atoms with Gasteiger partial charge in [-0.05, 0) is 68.4 Å². The SMILES string of the molecule is COc1ccc(S(=O)(=O)Nc2ccc(CN3CCN(C(=O)C4CCCN(C)C4)CC3)cc2)cc1. The summed E-state index contributed by atoms with van der Waals surface area (Å²) in [4.78, 5) is 19.7. The quantitative estimate of drug-likeness (QED) is 0.648. The summed E-state index contributed by atoms with van der Waals surface area (Å²) in [5.41, 5.74) is 1.63. The highest BCUT2D eigenvalue weighted by Crippen LogP contribution is 2.21. The van der Waals surface area contributed by atoms with Crippen LogP contribution >= 0.6 is 0 Å². The van der Waals surface area contributed by atoms with E-state index in [2.05, 4.69) is 21.6 Å². The molecule has 0 spiro atoms. The van der Waals surface area contributed by atoms with E-state index in [0.29, 0.717) is 17.3 Å². The number of rotatable bonds is 7. The van der Waals surface area contributed by atoms with Crippen LogP contribution in [-0.2, 0) is 21.4 Å². The Hall–Kier alpha value is -2.62. The number of carbonyl (C=O) groups excluding carboxylic acids is 1. The number of hydrogen-bond acceptors (Lipinski definition) is 6. The second kappa shape index (κ2) is 10.8. The molecule has 2 aliphatic rings. The lowest BCUT2D eigenvalue weighted by atomic mass is 9.96. The highest BCUT2D eigenvalue weighted by Gasteiger charge is 2.30. The maximum atomic E-state index is 12.9. The lowest BCUT2D eigenvalue weighted by Gasteiger charge is -2.38. The number of carbonyl (C=O) groups is 1. The fourth-order valence-corrected chi connectivity index (χ4v) is 5.72. The molecule has 0 bridgehead atoms. The first kappa shape index (κ1) is 24.5. The Morgan fingerprint density at radius 1 is 1.00 bits per heavy atom. The molecule has 0 aromatic heterocycles. The number of piperidine rings is 1. The number of sulfonamides is 1. The predicted molar refractivity (Wildman–Crippen MR) is 132 cm³/mol. The van der Waals surface area contributed by atoms with Crippen molar-refractivity contribution in [2.24, 2.45) is 5.92 Å². The van der Waals surface area contributed by atoms with Crippen LogP contribution in [0.25, 0.3) is 0 Å². The minimum atomic E-state index is -3.66. The van der Waals surface area contributed by atoms with Crippen LogP contribution in [0.1, 0.15) is 18.4 Å². The van der Waals surface area contributed by atoms with Gasteiger partial charge in [0.25, 0.3) is 10.0 Å². The van der Waals surface area contributed by atoms with E-state index in [9.17, 15) is 13.2 Å². The maximum absolute atomic E-state index is 12.9. The topological polar surface area (TPSA) is 82.2 Å². The number of amides is 1. The number of benzene rings is 2. The van der Waals surface area contributed by atoms with E-state index < -0.39 is 10.0 Å². The van der Waals surface area contributed by atoms with Gasteiger partial charge in [0.1, 0.15) is 5.75 Å². The van der Waals surface area contributed by atoms with Crippen LogP contribution in [0.2, 0.25) is 0 Å². The zero-order valence-electron chi connectivity index (χ0n) is 19.9. The lowest BCUT2D eigenvalue weighted by Crippen LogP contribution is -2.51. The average molecular weight is 487 g/mol. The molecule has 8 nitrogen and oxygen atoms in total. The fourth-order valence-electron chi connectivity index (χ4n) is 4.66. The molecule has 0 radical (unpaired) electrons. The van der Waals surface area contributed by atoms with Gasteiger partial charge in [-0.2, -0.15) is 0 Å². The summed E-state index contributed by atoms with van der Waals surface area (Å²) < 4.78 is 33.0. The number of methoxy groups -OCH3 is 1. The molecule has 34 heavy (non-hydrogen) atoms. The fraction of sp³-hybridized carbons (Fsp3) is 0.480. The molecule has 1 atom stereocenters. The third kappa shape index (κ3) is 6.08. The molecule has 0 saturated carbocycles. The number of hydrogen-bond donors (Lipinski definition) is 1. The van der Waals surface area contributed by atoms with E-state index in [1.54, 1.807) is 31.4 Å². The van der Waals surface area contributed by atoms with Gasteiger partial charge in [-0.1, -0.05) is 12.1 Å². The van der Waals surface area contributed by atoms with Crippen LogP contribution in [0.4, 0.5) is 5.69 Å². The zero-order chi connectivity index (χ0) is 24.1. The molecule has 2 aromatic rings. The highest BCUT2D eigenvalue weighted by atomic mass is 32.2. The standard InChI is InChI=1S/C25H34N4O4S/c1-27-13-3-4-21(19-27)25(30)29-16-14-28(15-17-29)18-20-5-7-22(8-6-20)26-34(31,32)24-11-9-23(33-2)10-12-24/h5-12,21,26H,3-4,13-19H2,1-2H3. The molecule has 2 fully saturated rings. The van der Waals surface area contributed by atoms with E-state index in [1.807, 2.05) is 17.0 Å². The van der Waals surface area contributed by atoms with Crippen molar-refractivity contribution in [3.05, 3.63) is 54.1 Å². The normalized spacial score (nSPS) is 20.2. The van der Waals surface area contributed by atoms with E-state index in [0.717, 1.165) is 64.2 Å². The van der Waals surface area contributed by atoms with E-state index in [1.165, 1.54) is 12.1 Å². The van der Waals surface area contributed by atoms with Gasteiger partial charge in [-0.25, -0.2) is 8.42 Å². The summed E-state index contributed by atoms with van der Waals surface area (Å²) in [7, 11) is -0.0313. The van der Waals surface area contributed by atoms with Gasteiger partial charge in [0, 0.05) is 45.0 Å². The summed E-state index contributed by atoms with van der Waals surface area (Å²) >= 11 is 0. The van der Waals surface area contributed by atoms with Crippen molar-refractivity contribution < 1.29 is 17.9 Å². The summed E-state index contributed by atoms with van der Waals surface area (Å²) in [5, 5.41) is 0. The number of ether oxygens (including phenoxy) is 1. The second-order valence-electron chi connectivity index (χ2n) is 9.18. The number of nitrogens with zero attached hydrogens (tertiary/aromatic N) is 3. The van der Waals surface area contributed by atoms with E-state index >= 15 is 0 Å². The van der Waals surface area contributed by atoms with Crippen LogP contribution < -0.4 is 9.46 Å². The Kier molecular flexibility index (Phi) is 7.75. The minimum Gasteiger partial charge on any atom is -0.497 e. The van der Waals surface area contributed by atoms with Crippen molar-refractivity contribution in [1.82, 2.24) is 14.7 Å².